The first kappa shape index (κ1) is 9.52. The molecule has 0 bridgehead atoms. The summed E-state index contributed by atoms with van der Waals surface area (Å²) in [5.41, 5.74) is 0. The molecule has 0 aromatic rings. The standard InChI is InChI=1S/C9H17NO2/c1-7(6-11)8-4-2-3-5-10-9(8)12/h7-8,11H,2-6H2,1H3,(H,10,12). The van der Waals surface area contributed by atoms with Crippen molar-refractivity contribution in [2.75, 3.05) is 13.2 Å². The van der Waals surface area contributed by atoms with E-state index in [-0.39, 0.29) is 24.3 Å². The molecule has 1 heterocycles. The first-order chi connectivity index (χ1) is 5.75. The lowest BCUT2D eigenvalue weighted by Crippen LogP contribution is -2.33. The van der Waals surface area contributed by atoms with Crippen molar-refractivity contribution in [3.63, 3.8) is 0 Å². The van der Waals surface area contributed by atoms with Gasteiger partial charge in [-0.3, -0.25) is 4.79 Å². The molecule has 70 valence electrons. The van der Waals surface area contributed by atoms with Gasteiger partial charge < -0.3 is 10.4 Å². The highest BCUT2D eigenvalue weighted by atomic mass is 16.3. The van der Waals surface area contributed by atoms with Crippen LogP contribution in [0, 0.1) is 11.8 Å². The van der Waals surface area contributed by atoms with E-state index in [2.05, 4.69) is 5.32 Å². The molecule has 1 aliphatic rings. The van der Waals surface area contributed by atoms with Crippen molar-refractivity contribution in [3.8, 4) is 0 Å². The molecule has 0 saturated carbocycles. The molecule has 12 heavy (non-hydrogen) atoms. The molecule has 1 amide bonds. The number of rotatable bonds is 2. The van der Waals surface area contributed by atoms with Crippen LogP contribution in [-0.2, 0) is 4.79 Å². The number of aliphatic hydroxyl groups is 1. The second-order valence-corrected chi connectivity index (χ2v) is 3.55. The van der Waals surface area contributed by atoms with Crippen LogP contribution in [0.4, 0.5) is 0 Å². The van der Waals surface area contributed by atoms with Crippen LogP contribution in [0.3, 0.4) is 0 Å². The zero-order chi connectivity index (χ0) is 8.97. The molecule has 3 nitrogen and oxygen atoms in total. The highest BCUT2D eigenvalue weighted by molar-refractivity contribution is 5.79. The van der Waals surface area contributed by atoms with E-state index in [4.69, 9.17) is 5.11 Å². The van der Waals surface area contributed by atoms with Gasteiger partial charge in [0, 0.05) is 19.1 Å². The van der Waals surface area contributed by atoms with Gasteiger partial charge >= 0.3 is 0 Å². The van der Waals surface area contributed by atoms with Crippen LogP contribution < -0.4 is 5.32 Å². The van der Waals surface area contributed by atoms with E-state index in [0.29, 0.717) is 0 Å². The zero-order valence-corrected chi connectivity index (χ0v) is 7.55. The molecule has 0 aliphatic carbocycles. The molecular weight excluding hydrogens is 154 g/mol. The van der Waals surface area contributed by atoms with Crippen molar-refractivity contribution in [3.05, 3.63) is 0 Å². The van der Waals surface area contributed by atoms with Gasteiger partial charge in [0.15, 0.2) is 0 Å². The maximum absolute atomic E-state index is 11.4. The Kier molecular flexibility index (Phi) is 3.53. The van der Waals surface area contributed by atoms with Crippen molar-refractivity contribution in [1.82, 2.24) is 5.32 Å². The fraction of sp³-hybridized carbons (Fsp3) is 0.889. The summed E-state index contributed by atoms with van der Waals surface area (Å²) in [6.45, 7) is 2.83. The second kappa shape index (κ2) is 4.45. The van der Waals surface area contributed by atoms with Crippen LogP contribution >= 0.6 is 0 Å². The highest BCUT2D eigenvalue weighted by Crippen LogP contribution is 2.20. The second-order valence-electron chi connectivity index (χ2n) is 3.55. The summed E-state index contributed by atoms with van der Waals surface area (Å²) in [7, 11) is 0. The van der Waals surface area contributed by atoms with Crippen molar-refractivity contribution in [1.29, 1.82) is 0 Å². The molecule has 1 rings (SSSR count). The van der Waals surface area contributed by atoms with Crippen molar-refractivity contribution in [2.45, 2.75) is 26.2 Å². The minimum Gasteiger partial charge on any atom is -0.396 e. The summed E-state index contributed by atoms with van der Waals surface area (Å²) in [6, 6.07) is 0. The summed E-state index contributed by atoms with van der Waals surface area (Å²) in [5.74, 6) is 0.245. The van der Waals surface area contributed by atoms with Gasteiger partial charge in [-0.15, -0.1) is 0 Å². The van der Waals surface area contributed by atoms with E-state index >= 15 is 0 Å². The molecule has 0 spiro atoms. The molecule has 0 radical (unpaired) electrons. The van der Waals surface area contributed by atoms with Gasteiger partial charge in [-0.1, -0.05) is 13.3 Å². The molecule has 0 aromatic carbocycles. The topological polar surface area (TPSA) is 49.3 Å². The van der Waals surface area contributed by atoms with Crippen LogP contribution in [0.5, 0.6) is 0 Å². The van der Waals surface area contributed by atoms with Gasteiger partial charge in [0.2, 0.25) is 5.91 Å². The predicted molar refractivity (Wildman–Crippen MR) is 46.6 cm³/mol. The normalized spacial score (nSPS) is 27.5. The van der Waals surface area contributed by atoms with E-state index in [0.717, 1.165) is 25.8 Å². The van der Waals surface area contributed by atoms with Gasteiger partial charge in [-0.25, -0.2) is 0 Å². The quantitative estimate of drug-likeness (QED) is 0.636. The van der Waals surface area contributed by atoms with Gasteiger partial charge in [0.05, 0.1) is 0 Å². The minimum absolute atomic E-state index is 0.0255. The molecule has 3 heteroatoms. The van der Waals surface area contributed by atoms with Crippen LogP contribution in [0.15, 0.2) is 0 Å². The van der Waals surface area contributed by atoms with Gasteiger partial charge in [0.1, 0.15) is 0 Å². The first-order valence-corrected chi connectivity index (χ1v) is 4.64. The zero-order valence-electron chi connectivity index (χ0n) is 7.55. The van der Waals surface area contributed by atoms with E-state index < -0.39 is 0 Å². The third kappa shape index (κ3) is 2.21. The van der Waals surface area contributed by atoms with Crippen LogP contribution in [0.25, 0.3) is 0 Å². The Bertz CT molecular complexity index is 159. The first-order valence-electron chi connectivity index (χ1n) is 4.64. The Morgan fingerprint density at radius 1 is 1.67 bits per heavy atom. The molecule has 1 fully saturated rings. The number of carbonyl (C=O) groups excluding carboxylic acids is 1. The Hall–Kier alpha value is -0.570. The lowest BCUT2D eigenvalue weighted by Gasteiger charge is -2.18. The third-order valence-electron chi connectivity index (χ3n) is 2.55. The van der Waals surface area contributed by atoms with E-state index in [1.165, 1.54) is 0 Å². The fourth-order valence-corrected chi connectivity index (χ4v) is 1.63. The summed E-state index contributed by atoms with van der Waals surface area (Å²) in [4.78, 5) is 11.4. The largest absolute Gasteiger partial charge is 0.396 e. The molecule has 0 aromatic heterocycles. The van der Waals surface area contributed by atoms with Gasteiger partial charge in [0.25, 0.3) is 0 Å². The number of hydrogen-bond acceptors (Lipinski definition) is 2. The Morgan fingerprint density at radius 2 is 2.42 bits per heavy atom. The predicted octanol–water partition coefficient (Wildman–Crippen LogP) is 0.531. The molecular formula is C9H17NO2. The molecule has 1 aliphatic heterocycles. The summed E-state index contributed by atoms with van der Waals surface area (Å²) < 4.78 is 0. The summed E-state index contributed by atoms with van der Waals surface area (Å²) in [5, 5.41) is 11.8. The van der Waals surface area contributed by atoms with Crippen LogP contribution in [-0.4, -0.2) is 24.2 Å². The third-order valence-corrected chi connectivity index (χ3v) is 2.55. The van der Waals surface area contributed by atoms with E-state index in [1.54, 1.807) is 0 Å². The monoisotopic (exact) mass is 171 g/mol. The molecule has 2 unspecified atom stereocenters. The average Bonchev–Trinajstić information content (AvgIpc) is 2.28. The maximum atomic E-state index is 11.4. The Morgan fingerprint density at radius 3 is 3.08 bits per heavy atom. The van der Waals surface area contributed by atoms with Gasteiger partial charge in [-0.05, 0) is 18.8 Å². The average molecular weight is 171 g/mol. The smallest absolute Gasteiger partial charge is 0.223 e. The SMILES string of the molecule is CC(CO)C1CCCCNC1=O. The summed E-state index contributed by atoms with van der Waals surface area (Å²) in [6.07, 6.45) is 3.09. The minimum atomic E-state index is 0.0255. The highest BCUT2D eigenvalue weighted by Gasteiger charge is 2.25. The van der Waals surface area contributed by atoms with Gasteiger partial charge in [-0.2, -0.15) is 0 Å². The number of carbonyl (C=O) groups is 1. The van der Waals surface area contributed by atoms with E-state index in [9.17, 15) is 4.79 Å². The molecule has 2 atom stereocenters. The number of nitrogens with one attached hydrogen (secondary N) is 1. The fourth-order valence-electron chi connectivity index (χ4n) is 1.63. The lowest BCUT2D eigenvalue weighted by molar-refractivity contribution is -0.126. The molecule has 1 saturated heterocycles. The van der Waals surface area contributed by atoms with Crippen LogP contribution in [0.2, 0.25) is 0 Å². The summed E-state index contributed by atoms with van der Waals surface area (Å²) >= 11 is 0. The number of amides is 1. The van der Waals surface area contributed by atoms with Crippen molar-refractivity contribution >= 4 is 5.91 Å². The molecule has 2 N–H and O–H groups in total. The van der Waals surface area contributed by atoms with Crippen molar-refractivity contribution in [2.24, 2.45) is 11.8 Å². The number of hydrogen-bond donors (Lipinski definition) is 2. The Balaban J connectivity index is 2.52. The maximum Gasteiger partial charge on any atom is 0.223 e. The van der Waals surface area contributed by atoms with Crippen LogP contribution in [0.1, 0.15) is 26.2 Å². The van der Waals surface area contributed by atoms with Crippen molar-refractivity contribution < 1.29 is 9.90 Å². The number of aliphatic hydroxyl groups excluding tert-OH is 1. The lowest BCUT2D eigenvalue weighted by atomic mass is 9.90. The van der Waals surface area contributed by atoms with E-state index in [1.807, 2.05) is 6.92 Å². The Labute approximate surface area is 73.2 Å².